The normalized spacial score (nSPS) is 11.6. The molecular formula is C10H16N2O3S. The number of nitrogens with zero attached hydrogens (tertiary/aromatic N) is 1. The molecule has 0 atom stereocenters. The maximum atomic E-state index is 11.4. The van der Waals surface area contributed by atoms with Gasteiger partial charge in [-0.05, 0) is 6.42 Å². The van der Waals surface area contributed by atoms with Gasteiger partial charge in [-0.3, -0.25) is 4.79 Å². The van der Waals surface area contributed by atoms with Crippen LogP contribution in [0.3, 0.4) is 0 Å². The average Bonchev–Trinajstić information content (AvgIpc) is 2.20. The summed E-state index contributed by atoms with van der Waals surface area (Å²) in [7, 11) is -2.99. The summed E-state index contributed by atoms with van der Waals surface area (Å²) in [6.45, 7) is 2.15. The summed E-state index contributed by atoms with van der Waals surface area (Å²) < 4.78 is 24.5. The fourth-order valence-corrected chi connectivity index (χ4v) is 2.66. The van der Waals surface area contributed by atoms with Crippen molar-refractivity contribution in [2.75, 3.05) is 17.2 Å². The molecule has 0 aromatic carbocycles. The first-order chi connectivity index (χ1) is 7.44. The van der Waals surface area contributed by atoms with Gasteiger partial charge >= 0.3 is 0 Å². The van der Waals surface area contributed by atoms with Crippen LogP contribution in [0.5, 0.6) is 0 Å². The van der Waals surface area contributed by atoms with Crippen LogP contribution in [0.15, 0.2) is 23.3 Å². The number of pyridine rings is 1. The van der Waals surface area contributed by atoms with Crippen LogP contribution in [0.4, 0.5) is 5.69 Å². The number of aromatic nitrogens is 1. The molecule has 1 rings (SSSR count). The molecule has 6 heteroatoms. The van der Waals surface area contributed by atoms with Gasteiger partial charge in [0.15, 0.2) is 9.84 Å². The Bertz CT molecular complexity index is 505. The Hall–Kier alpha value is -1.30. The van der Waals surface area contributed by atoms with Crippen LogP contribution < -0.4 is 11.2 Å². The van der Waals surface area contributed by atoms with Gasteiger partial charge in [0.25, 0.3) is 0 Å². The topological polar surface area (TPSA) is 82.2 Å². The lowest BCUT2D eigenvalue weighted by Crippen LogP contribution is -2.17. The van der Waals surface area contributed by atoms with Crippen molar-refractivity contribution < 1.29 is 8.42 Å². The Kier molecular flexibility index (Phi) is 4.12. The highest BCUT2D eigenvalue weighted by Gasteiger charge is 2.08. The first kappa shape index (κ1) is 12.8. The molecule has 0 radical (unpaired) electrons. The van der Waals surface area contributed by atoms with E-state index in [1.165, 1.54) is 12.3 Å². The molecule has 16 heavy (non-hydrogen) atoms. The number of rotatable bonds is 5. The van der Waals surface area contributed by atoms with Crippen molar-refractivity contribution in [3.05, 3.63) is 28.7 Å². The molecule has 0 aliphatic carbocycles. The summed E-state index contributed by atoms with van der Waals surface area (Å²) in [5.41, 5.74) is 5.33. The second-order valence-electron chi connectivity index (χ2n) is 3.65. The minimum Gasteiger partial charge on any atom is -0.394 e. The smallest absolute Gasteiger partial charge is 0.204 e. The van der Waals surface area contributed by atoms with Gasteiger partial charge in [-0.15, -0.1) is 0 Å². The van der Waals surface area contributed by atoms with E-state index >= 15 is 0 Å². The van der Waals surface area contributed by atoms with Gasteiger partial charge in [0.2, 0.25) is 5.43 Å². The van der Waals surface area contributed by atoms with Gasteiger partial charge in [-0.2, -0.15) is 0 Å². The number of aryl methyl sites for hydroxylation is 1. The largest absolute Gasteiger partial charge is 0.394 e. The van der Waals surface area contributed by atoms with Crippen molar-refractivity contribution in [1.82, 2.24) is 4.57 Å². The number of hydrogen-bond acceptors (Lipinski definition) is 4. The number of sulfone groups is 1. The van der Waals surface area contributed by atoms with E-state index in [-0.39, 0.29) is 22.6 Å². The summed E-state index contributed by atoms with van der Waals surface area (Å²) in [5, 5.41) is 0. The predicted octanol–water partition coefficient (Wildman–Crippen LogP) is 0.255. The van der Waals surface area contributed by atoms with Crippen LogP contribution >= 0.6 is 0 Å². The molecule has 0 saturated heterocycles. The summed E-state index contributed by atoms with van der Waals surface area (Å²) in [5.74, 6) is 0.270. The van der Waals surface area contributed by atoms with Gasteiger partial charge < -0.3 is 10.3 Å². The summed E-state index contributed by atoms with van der Waals surface area (Å²) in [6, 6.07) is 1.34. The predicted molar refractivity (Wildman–Crippen MR) is 64.1 cm³/mol. The maximum absolute atomic E-state index is 11.4. The van der Waals surface area contributed by atoms with Crippen molar-refractivity contribution in [2.24, 2.45) is 0 Å². The third-order valence-electron chi connectivity index (χ3n) is 2.18. The van der Waals surface area contributed by atoms with E-state index in [1.807, 2.05) is 6.92 Å². The quantitative estimate of drug-likeness (QED) is 0.805. The average molecular weight is 244 g/mol. The molecule has 0 aliphatic rings. The molecule has 0 spiro atoms. The molecule has 0 amide bonds. The zero-order chi connectivity index (χ0) is 12.2. The standard InChI is InChI=1S/C10H16N2O3S/c1-2-6-16(14,15)7-5-12-4-3-10(13)9(11)8-12/h3-4,8H,2,5-7,11H2,1H3. The van der Waals surface area contributed by atoms with Crippen molar-refractivity contribution in [3.63, 3.8) is 0 Å². The Morgan fingerprint density at radius 2 is 2.06 bits per heavy atom. The minimum absolute atomic E-state index is 0.0726. The van der Waals surface area contributed by atoms with E-state index in [0.717, 1.165) is 0 Å². The van der Waals surface area contributed by atoms with Crippen LogP contribution in [-0.4, -0.2) is 24.5 Å². The van der Waals surface area contributed by atoms with Crippen LogP contribution in [-0.2, 0) is 16.4 Å². The zero-order valence-electron chi connectivity index (χ0n) is 9.22. The molecule has 0 bridgehead atoms. The lowest BCUT2D eigenvalue weighted by Gasteiger charge is -2.07. The highest BCUT2D eigenvalue weighted by molar-refractivity contribution is 7.91. The van der Waals surface area contributed by atoms with E-state index in [4.69, 9.17) is 5.73 Å². The first-order valence-electron chi connectivity index (χ1n) is 5.10. The van der Waals surface area contributed by atoms with Gasteiger partial charge in [-0.1, -0.05) is 6.92 Å². The fraction of sp³-hybridized carbons (Fsp3) is 0.500. The lowest BCUT2D eigenvalue weighted by atomic mass is 10.4. The molecule has 0 fully saturated rings. The zero-order valence-corrected chi connectivity index (χ0v) is 10.0. The SMILES string of the molecule is CCCS(=O)(=O)CCn1ccc(=O)c(N)c1. The van der Waals surface area contributed by atoms with E-state index < -0.39 is 9.84 Å². The number of nitrogen functional groups attached to an aromatic ring is 1. The Morgan fingerprint density at radius 3 is 2.62 bits per heavy atom. The van der Waals surface area contributed by atoms with Gasteiger partial charge in [-0.25, -0.2) is 8.42 Å². The van der Waals surface area contributed by atoms with Crippen LogP contribution in [0.2, 0.25) is 0 Å². The summed E-state index contributed by atoms with van der Waals surface area (Å²) in [6.07, 6.45) is 3.62. The van der Waals surface area contributed by atoms with Gasteiger partial charge in [0.05, 0.1) is 11.4 Å². The third-order valence-corrected chi connectivity index (χ3v) is 4.02. The van der Waals surface area contributed by atoms with Crippen molar-refractivity contribution in [2.45, 2.75) is 19.9 Å². The van der Waals surface area contributed by atoms with Gasteiger partial charge in [0.1, 0.15) is 0 Å². The lowest BCUT2D eigenvalue weighted by molar-refractivity contribution is 0.587. The molecule has 0 aliphatic heterocycles. The maximum Gasteiger partial charge on any atom is 0.204 e. The fourth-order valence-electron chi connectivity index (χ4n) is 1.34. The second kappa shape index (κ2) is 5.16. The van der Waals surface area contributed by atoms with E-state index in [0.29, 0.717) is 13.0 Å². The van der Waals surface area contributed by atoms with E-state index in [2.05, 4.69) is 0 Å². The number of anilines is 1. The van der Waals surface area contributed by atoms with Crippen molar-refractivity contribution in [3.8, 4) is 0 Å². The number of hydrogen-bond donors (Lipinski definition) is 1. The Labute approximate surface area is 94.8 Å². The van der Waals surface area contributed by atoms with Crippen molar-refractivity contribution >= 4 is 15.5 Å². The molecule has 0 saturated carbocycles. The molecule has 1 aromatic heterocycles. The van der Waals surface area contributed by atoms with Crippen LogP contribution in [0.25, 0.3) is 0 Å². The Balaban J connectivity index is 2.68. The monoisotopic (exact) mass is 244 g/mol. The Morgan fingerprint density at radius 1 is 1.38 bits per heavy atom. The van der Waals surface area contributed by atoms with Crippen LogP contribution in [0, 0.1) is 0 Å². The molecule has 0 unspecified atom stereocenters. The highest BCUT2D eigenvalue weighted by Crippen LogP contribution is 1.98. The van der Waals surface area contributed by atoms with Crippen molar-refractivity contribution in [1.29, 1.82) is 0 Å². The first-order valence-corrected chi connectivity index (χ1v) is 6.93. The minimum atomic E-state index is -2.99. The van der Waals surface area contributed by atoms with E-state index in [1.54, 1.807) is 10.8 Å². The summed E-state index contributed by atoms with van der Waals surface area (Å²) >= 11 is 0. The molecule has 1 aromatic rings. The molecule has 2 N–H and O–H groups in total. The molecular weight excluding hydrogens is 228 g/mol. The highest BCUT2D eigenvalue weighted by atomic mass is 32.2. The summed E-state index contributed by atoms with van der Waals surface area (Å²) in [4.78, 5) is 11.0. The second-order valence-corrected chi connectivity index (χ2v) is 5.96. The van der Waals surface area contributed by atoms with E-state index in [9.17, 15) is 13.2 Å². The van der Waals surface area contributed by atoms with Crippen LogP contribution in [0.1, 0.15) is 13.3 Å². The van der Waals surface area contributed by atoms with Gasteiger partial charge in [0, 0.05) is 30.8 Å². The molecule has 90 valence electrons. The molecule has 5 nitrogen and oxygen atoms in total. The number of nitrogens with two attached hydrogens (primary N) is 1. The molecule has 1 heterocycles. The third kappa shape index (κ3) is 3.69.